The van der Waals surface area contributed by atoms with Gasteiger partial charge in [-0.3, -0.25) is 4.79 Å². The molecule has 0 aliphatic heterocycles. The second kappa shape index (κ2) is 7.92. The summed E-state index contributed by atoms with van der Waals surface area (Å²) in [6, 6.07) is 11.6. The van der Waals surface area contributed by atoms with Crippen LogP contribution in [0.1, 0.15) is 30.6 Å². The predicted molar refractivity (Wildman–Crippen MR) is 102 cm³/mol. The van der Waals surface area contributed by atoms with E-state index in [1.165, 1.54) is 0 Å². The molecule has 0 fully saturated rings. The van der Waals surface area contributed by atoms with Gasteiger partial charge in [0.1, 0.15) is 5.01 Å². The first-order valence-corrected chi connectivity index (χ1v) is 9.82. The molecule has 1 aromatic carbocycles. The van der Waals surface area contributed by atoms with Gasteiger partial charge in [-0.15, -0.1) is 22.7 Å². The maximum absolute atomic E-state index is 12.3. The smallest absolute Gasteiger partial charge is 0.226 e. The molecule has 24 heavy (non-hydrogen) atoms. The number of nitrogens with one attached hydrogen (secondary N) is 1. The zero-order valence-electron chi connectivity index (χ0n) is 13.2. The monoisotopic (exact) mass is 376 g/mol. The van der Waals surface area contributed by atoms with Crippen LogP contribution < -0.4 is 5.32 Å². The number of thiophene rings is 1. The first-order chi connectivity index (χ1) is 11.7. The number of amides is 1. The summed E-state index contributed by atoms with van der Waals surface area (Å²) >= 11 is 9.16. The predicted octanol–water partition coefficient (Wildman–Crippen LogP) is 5.34. The molecule has 1 unspecified atom stereocenters. The molecule has 2 heterocycles. The fraction of sp³-hybridized carbons (Fsp3) is 0.222. The van der Waals surface area contributed by atoms with E-state index in [0.29, 0.717) is 11.4 Å². The number of rotatable bonds is 6. The number of hydrogen-bond acceptors (Lipinski definition) is 4. The third-order valence-electron chi connectivity index (χ3n) is 3.64. The molecule has 0 saturated heterocycles. The highest BCUT2D eigenvalue weighted by molar-refractivity contribution is 7.20. The van der Waals surface area contributed by atoms with Crippen LogP contribution in [0.4, 0.5) is 0 Å². The molecule has 1 N–H and O–H groups in total. The van der Waals surface area contributed by atoms with Crippen molar-refractivity contribution < 1.29 is 4.79 Å². The van der Waals surface area contributed by atoms with Crippen LogP contribution in [-0.2, 0) is 11.2 Å². The molecule has 6 heteroatoms. The molecular weight excluding hydrogens is 360 g/mol. The van der Waals surface area contributed by atoms with Gasteiger partial charge in [0, 0.05) is 10.4 Å². The van der Waals surface area contributed by atoms with Crippen LogP contribution in [0.15, 0.2) is 47.2 Å². The molecule has 124 valence electrons. The second-order valence-corrected chi connectivity index (χ2v) is 7.62. The van der Waals surface area contributed by atoms with E-state index in [1.807, 2.05) is 47.2 Å². The van der Waals surface area contributed by atoms with E-state index in [1.54, 1.807) is 22.7 Å². The summed E-state index contributed by atoms with van der Waals surface area (Å²) in [6.45, 7) is 2.05. The Morgan fingerprint density at radius 1 is 1.25 bits per heavy atom. The van der Waals surface area contributed by atoms with Gasteiger partial charge in [-0.2, -0.15) is 0 Å². The van der Waals surface area contributed by atoms with Crippen molar-refractivity contribution in [2.45, 2.75) is 25.8 Å². The van der Waals surface area contributed by atoms with Gasteiger partial charge in [0.05, 0.1) is 23.0 Å². The average Bonchev–Trinajstić information content (AvgIpc) is 3.24. The van der Waals surface area contributed by atoms with E-state index < -0.39 is 0 Å². The Morgan fingerprint density at radius 2 is 2.04 bits per heavy atom. The first kappa shape index (κ1) is 17.1. The molecule has 1 amide bonds. The highest BCUT2D eigenvalue weighted by atomic mass is 35.5. The molecule has 1 atom stereocenters. The van der Waals surface area contributed by atoms with E-state index in [4.69, 9.17) is 11.6 Å². The van der Waals surface area contributed by atoms with Gasteiger partial charge in [-0.05, 0) is 35.6 Å². The topological polar surface area (TPSA) is 42.0 Å². The highest BCUT2D eigenvalue weighted by Crippen LogP contribution is 2.28. The van der Waals surface area contributed by atoms with Crippen molar-refractivity contribution in [3.05, 3.63) is 63.4 Å². The quantitative estimate of drug-likeness (QED) is 0.631. The summed E-state index contributed by atoms with van der Waals surface area (Å²) in [5.41, 5.74) is 1.87. The Morgan fingerprint density at radius 3 is 2.71 bits per heavy atom. The summed E-state index contributed by atoms with van der Waals surface area (Å²) < 4.78 is 0. The van der Waals surface area contributed by atoms with E-state index >= 15 is 0 Å². The van der Waals surface area contributed by atoms with Crippen LogP contribution in [0.3, 0.4) is 0 Å². The first-order valence-electron chi connectivity index (χ1n) is 7.69. The molecule has 3 nitrogen and oxygen atoms in total. The average molecular weight is 377 g/mol. The normalized spacial score (nSPS) is 12.1. The Bertz CT molecular complexity index is 797. The number of carbonyl (C=O) groups excluding carboxylic acids is 1. The minimum atomic E-state index is -0.0140. The standard InChI is InChI=1S/C18H17ClN2OS2/c1-2-15(12-5-7-13(19)8-6-12)21-17(22)10-14-11-24-18(20-14)16-4-3-9-23-16/h3-9,11,15H,2,10H2,1H3,(H,21,22). The lowest BCUT2D eigenvalue weighted by atomic mass is 10.0. The Balaban J connectivity index is 1.63. The third kappa shape index (κ3) is 4.23. The summed E-state index contributed by atoms with van der Waals surface area (Å²) in [5, 5.41) is 8.73. The van der Waals surface area contributed by atoms with Gasteiger partial charge < -0.3 is 5.32 Å². The van der Waals surface area contributed by atoms with Crippen molar-refractivity contribution in [3.8, 4) is 9.88 Å². The number of carbonyl (C=O) groups is 1. The minimum absolute atomic E-state index is 0.00910. The van der Waals surface area contributed by atoms with Crippen LogP contribution in [-0.4, -0.2) is 10.9 Å². The van der Waals surface area contributed by atoms with Crippen LogP contribution >= 0.6 is 34.3 Å². The second-order valence-electron chi connectivity index (χ2n) is 5.38. The summed E-state index contributed by atoms with van der Waals surface area (Å²) in [7, 11) is 0. The minimum Gasteiger partial charge on any atom is -0.349 e. The lowest BCUT2D eigenvalue weighted by molar-refractivity contribution is -0.121. The van der Waals surface area contributed by atoms with Crippen LogP contribution in [0, 0.1) is 0 Å². The van der Waals surface area contributed by atoms with Crippen LogP contribution in [0.2, 0.25) is 5.02 Å². The maximum atomic E-state index is 12.3. The lowest BCUT2D eigenvalue weighted by Crippen LogP contribution is -2.29. The van der Waals surface area contributed by atoms with Crippen LogP contribution in [0.25, 0.3) is 9.88 Å². The fourth-order valence-electron chi connectivity index (χ4n) is 2.43. The molecule has 3 rings (SSSR count). The van der Waals surface area contributed by atoms with Crippen molar-refractivity contribution in [1.29, 1.82) is 0 Å². The Hall–Kier alpha value is -1.69. The lowest BCUT2D eigenvalue weighted by Gasteiger charge is -2.17. The molecular formula is C18H17ClN2OS2. The SMILES string of the molecule is CCC(NC(=O)Cc1csc(-c2cccs2)n1)c1ccc(Cl)cc1. The van der Waals surface area contributed by atoms with Gasteiger partial charge in [-0.1, -0.05) is 36.7 Å². The number of hydrogen-bond donors (Lipinski definition) is 1. The van der Waals surface area contributed by atoms with Crippen molar-refractivity contribution in [1.82, 2.24) is 10.3 Å². The van der Waals surface area contributed by atoms with Crippen LogP contribution in [0.5, 0.6) is 0 Å². The van der Waals surface area contributed by atoms with Gasteiger partial charge in [-0.25, -0.2) is 4.98 Å². The van der Waals surface area contributed by atoms with Crippen molar-refractivity contribution in [3.63, 3.8) is 0 Å². The molecule has 0 aliphatic rings. The maximum Gasteiger partial charge on any atom is 0.226 e. The molecule has 0 radical (unpaired) electrons. The molecule has 0 spiro atoms. The number of halogens is 1. The number of benzene rings is 1. The molecule has 3 aromatic rings. The van der Waals surface area contributed by atoms with E-state index in [9.17, 15) is 4.79 Å². The number of aromatic nitrogens is 1. The van der Waals surface area contributed by atoms with Gasteiger partial charge >= 0.3 is 0 Å². The Labute approximate surface area is 154 Å². The number of nitrogens with zero attached hydrogens (tertiary/aromatic N) is 1. The molecule has 0 saturated carbocycles. The Kier molecular flexibility index (Phi) is 5.66. The van der Waals surface area contributed by atoms with E-state index in [0.717, 1.165) is 27.6 Å². The summed E-state index contributed by atoms with van der Waals surface area (Å²) in [5.74, 6) is -0.0140. The van der Waals surface area contributed by atoms with Crippen molar-refractivity contribution in [2.24, 2.45) is 0 Å². The van der Waals surface area contributed by atoms with E-state index in [2.05, 4.69) is 17.2 Å². The zero-order chi connectivity index (χ0) is 16.9. The molecule has 0 aliphatic carbocycles. The molecule has 0 bridgehead atoms. The van der Waals surface area contributed by atoms with Crippen molar-refractivity contribution >= 4 is 40.2 Å². The largest absolute Gasteiger partial charge is 0.349 e. The highest BCUT2D eigenvalue weighted by Gasteiger charge is 2.15. The van der Waals surface area contributed by atoms with E-state index in [-0.39, 0.29) is 11.9 Å². The third-order valence-corrected chi connectivity index (χ3v) is 5.82. The van der Waals surface area contributed by atoms with Crippen molar-refractivity contribution in [2.75, 3.05) is 0 Å². The molecule has 2 aromatic heterocycles. The van der Waals surface area contributed by atoms with Gasteiger partial charge in [0.15, 0.2) is 0 Å². The zero-order valence-corrected chi connectivity index (χ0v) is 15.5. The fourth-order valence-corrected chi connectivity index (χ4v) is 4.19. The summed E-state index contributed by atoms with van der Waals surface area (Å²) in [4.78, 5) is 18.0. The summed E-state index contributed by atoms with van der Waals surface area (Å²) in [6.07, 6.45) is 1.12. The van der Waals surface area contributed by atoms with Gasteiger partial charge in [0.2, 0.25) is 5.91 Å². The number of thiazole rings is 1. The van der Waals surface area contributed by atoms with Gasteiger partial charge in [0.25, 0.3) is 0 Å².